The second-order valence-corrected chi connectivity index (χ2v) is 5.64. The van der Waals surface area contributed by atoms with Gasteiger partial charge in [-0.2, -0.15) is 0 Å². The molecule has 0 saturated heterocycles. The molecule has 2 nitrogen and oxygen atoms in total. The van der Waals surface area contributed by atoms with Gasteiger partial charge in [0, 0.05) is 30.2 Å². The van der Waals surface area contributed by atoms with E-state index in [4.69, 9.17) is 0 Å². The van der Waals surface area contributed by atoms with Crippen molar-refractivity contribution in [3.8, 4) is 0 Å². The lowest BCUT2D eigenvalue weighted by atomic mass is 9.83. The summed E-state index contributed by atoms with van der Waals surface area (Å²) in [5.41, 5.74) is 5.49. The molecule has 2 heterocycles. The smallest absolute Gasteiger partial charge is 0.0456 e. The predicted molar refractivity (Wildman–Crippen MR) is 83.0 cm³/mol. The molecular weight excluding hydrogens is 244 g/mol. The highest BCUT2D eigenvalue weighted by Gasteiger charge is 2.25. The first-order valence-electron chi connectivity index (χ1n) is 7.22. The van der Waals surface area contributed by atoms with Crippen LogP contribution in [0.1, 0.15) is 35.6 Å². The molecule has 3 aromatic rings. The molecule has 1 aliphatic heterocycles. The third kappa shape index (κ3) is 1.76. The Morgan fingerprint density at radius 2 is 1.85 bits per heavy atom. The van der Waals surface area contributed by atoms with E-state index in [9.17, 15) is 0 Å². The van der Waals surface area contributed by atoms with Gasteiger partial charge in [0.05, 0.1) is 0 Å². The Morgan fingerprint density at radius 1 is 1.00 bits per heavy atom. The Bertz CT molecular complexity index is 757. The molecule has 1 aliphatic rings. The average Bonchev–Trinajstić information content (AvgIpc) is 2.95. The number of benzene rings is 2. The van der Waals surface area contributed by atoms with Gasteiger partial charge in [0.15, 0.2) is 0 Å². The minimum Gasteiger partial charge on any atom is -0.361 e. The number of fused-ring (bicyclic) bond motifs is 2. The monoisotopic (exact) mass is 262 g/mol. The summed E-state index contributed by atoms with van der Waals surface area (Å²) in [6.45, 7) is 3.24. The van der Waals surface area contributed by atoms with E-state index in [-0.39, 0.29) is 0 Å². The summed E-state index contributed by atoms with van der Waals surface area (Å²) in [6, 6.07) is 18.1. The molecule has 2 heteroatoms. The van der Waals surface area contributed by atoms with Gasteiger partial charge in [-0.05, 0) is 41.1 Å². The van der Waals surface area contributed by atoms with Crippen LogP contribution < -0.4 is 5.32 Å². The van der Waals surface area contributed by atoms with Crippen LogP contribution in [-0.2, 0) is 0 Å². The summed E-state index contributed by atoms with van der Waals surface area (Å²) in [5, 5.41) is 4.90. The van der Waals surface area contributed by atoms with Gasteiger partial charge in [-0.1, -0.05) is 36.4 Å². The minimum atomic E-state index is 0.440. The topological polar surface area (TPSA) is 27.8 Å². The van der Waals surface area contributed by atoms with E-state index in [1.54, 1.807) is 0 Å². The molecule has 0 unspecified atom stereocenters. The molecule has 2 N–H and O–H groups in total. The molecule has 0 aliphatic carbocycles. The van der Waals surface area contributed by atoms with Gasteiger partial charge < -0.3 is 10.3 Å². The molecule has 0 spiro atoms. The highest BCUT2D eigenvalue weighted by molar-refractivity contribution is 5.80. The van der Waals surface area contributed by atoms with Crippen LogP contribution in [0, 0.1) is 0 Å². The fourth-order valence-corrected chi connectivity index (χ4v) is 3.32. The number of H-pyrrole nitrogens is 1. The molecule has 4 rings (SSSR count). The summed E-state index contributed by atoms with van der Waals surface area (Å²) in [5.74, 6) is 0.440. The molecule has 1 aromatic heterocycles. The first-order valence-corrected chi connectivity index (χ1v) is 7.22. The van der Waals surface area contributed by atoms with Crippen LogP contribution >= 0.6 is 0 Å². The van der Waals surface area contributed by atoms with E-state index in [1.807, 2.05) is 6.20 Å². The first kappa shape index (κ1) is 11.7. The normalized spacial score (nSPS) is 21.9. The van der Waals surface area contributed by atoms with Crippen LogP contribution in [0.3, 0.4) is 0 Å². The van der Waals surface area contributed by atoms with Crippen molar-refractivity contribution in [1.29, 1.82) is 0 Å². The second-order valence-electron chi connectivity index (χ2n) is 5.64. The van der Waals surface area contributed by atoms with Gasteiger partial charge in [-0.15, -0.1) is 0 Å². The molecule has 0 fully saturated rings. The first-order chi connectivity index (χ1) is 9.83. The zero-order valence-corrected chi connectivity index (χ0v) is 11.6. The van der Waals surface area contributed by atoms with E-state index in [0.717, 1.165) is 6.54 Å². The largest absolute Gasteiger partial charge is 0.361 e. The quantitative estimate of drug-likeness (QED) is 0.682. The van der Waals surface area contributed by atoms with Gasteiger partial charge in [-0.25, -0.2) is 0 Å². The number of aromatic amines is 1. The van der Waals surface area contributed by atoms with E-state index in [0.29, 0.717) is 12.0 Å². The summed E-state index contributed by atoms with van der Waals surface area (Å²) < 4.78 is 0. The molecule has 2 aromatic carbocycles. The Labute approximate surface area is 118 Å². The van der Waals surface area contributed by atoms with Gasteiger partial charge in [-0.3, -0.25) is 0 Å². The van der Waals surface area contributed by atoms with E-state index in [1.165, 1.54) is 27.6 Å². The standard InChI is InChI=1S/C18H18N2/c1-12-15-4-2-3-5-16(15)17(11-20-12)14-7-6-13-8-9-19-18(13)10-14/h2-10,12,17,19-20H,11H2,1H3/t12-,17+/m0/s1. The molecule has 0 amide bonds. The average molecular weight is 262 g/mol. The van der Waals surface area contributed by atoms with E-state index < -0.39 is 0 Å². The van der Waals surface area contributed by atoms with Crippen molar-refractivity contribution in [3.63, 3.8) is 0 Å². The Hall–Kier alpha value is -2.06. The minimum absolute atomic E-state index is 0.440. The van der Waals surface area contributed by atoms with Crippen molar-refractivity contribution in [2.45, 2.75) is 18.9 Å². The number of hydrogen-bond donors (Lipinski definition) is 2. The maximum Gasteiger partial charge on any atom is 0.0456 e. The van der Waals surface area contributed by atoms with Gasteiger partial charge >= 0.3 is 0 Å². The lowest BCUT2D eigenvalue weighted by Gasteiger charge is -2.31. The van der Waals surface area contributed by atoms with Crippen molar-refractivity contribution in [1.82, 2.24) is 10.3 Å². The van der Waals surface area contributed by atoms with Crippen LogP contribution in [0.25, 0.3) is 10.9 Å². The number of rotatable bonds is 1. The van der Waals surface area contributed by atoms with Crippen LogP contribution in [-0.4, -0.2) is 11.5 Å². The molecule has 0 saturated carbocycles. The Morgan fingerprint density at radius 3 is 2.75 bits per heavy atom. The molecule has 2 atom stereocenters. The zero-order valence-electron chi connectivity index (χ0n) is 11.6. The third-order valence-electron chi connectivity index (χ3n) is 4.45. The van der Waals surface area contributed by atoms with Crippen molar-refractivity contribution >= 4 is 10.9 Å². The highest BCUT2D eigenvalue weighted by Crippen LogP contribution is 2.35. The SMILES string of the molecule is C[C@@H]1NC[C@H](c2ccc3cc[nH]c3c2)c2ccccc21. The lowest BCUT2D eigenvalue weighted by molar-refractivity contribution is 0.508. The zero-order chi connectivity index (χ0) is 13.5. The predicted octanol–water partition coefficient (Wildman–Crippen LogP) is 3.96. The summed E-state index contributed by atoms with van der Waals surface area (Å²) in [6.07, 6.45) is 2.00. The van der Waals surface area contributed by atoms with Crippen LogP contribution in [0.5, 0.6) is 0 Å². The maximum absolute atomic E-state index is 3.62. The van der Waals surface area contributed by atoms with Gasteiger partial charge in [0.1, 0.15) is 0 Å². The van der Waals surface area contributed by atoms with Crippen molar-refractivity contribution in [2.75, 3.05) is 6.54 Å². The lowest BCUT2D eigenvalue weighted by Crippen LogP contribution is -2.31. The fourth-order valence-electron chi connectivity index (χ4n) is 3.32. The molecule has 0 bridgehead atoms. The number of hydrogen-bond acceptors (Lipinski definition) is 1. The third-order valence-corrected chi connectivity index (χ3v) is 4.45. The fraction of sp³-hybridized carbons (Fsp3) is 0.222. The number of aromatic nitrogens is 1. The van der Waals surface area contributed by atoms with Crippen molar-refractivity contribution in [2.24, 2.45) is 0 Å². The Balaban J connectivity index is 1.84. The summed E-state index contributed by atoms with van der Waals surface area (Å²) >= 11 is 0. The van der Waals surface area contributed by atoms with Crippen LogP contribution in [0.15, 0.2) is 54.7 Å². The van der Waals surface area contributed by atoms with E-state index in [2.05, 4.69) is 65.8 Å². The van der Waals surface area contributed by atoms with Crippen molar-refractivity contribution in [3.05, 3.63) is 71.4 Å². The summed E-state index contributed by atoms with van der Waals surface area (Å²) in [7, 11) is 0. The van der Waals surface area contributed by atoms with Crippen LogP contribution in [0.2, 0.25) is 0 Å². The highest BCUT2D eigenvalue weighted by atomic mass is 14.9. The number of nitrogens with one attached hydrogen (secondary N) is 2. The molecular formula is C18H18N2. The molecule has 100 valence electrons. The summed E-state index contributed by atoms with van der Waals surface area (Å²) in [4.78, 5) is 3.31. The van der Waals surface area contributed by atoms with Crippen molar-refractivity contribution < 1.29 is 0 Å². The molecule has 0 radical (unpaired) electrons. The second kappa shape index (κ2) is 4.50. The molecule has 20 heavy (non-hydrogen) atoms. The van der Waals surface area contributed by atoms with Gasteiger partial charge in [0.2, 0.25) is 0 Å². The van der Waals surface area contributed by atoms with Crippen LogP contribution in [0.4, 0.5) is 0 Å². The Kier molecular flexibility index (Phi) is 2.64. The van der Waals surface area contributed by atoms with E-state index >= 15 is 0 Å². The van der Waals surface area contributed by atoms with Gasteiger partial charge in [0.25, 0.3) is 0 Å². The maximum atomic E-state index is 3.62.